The van der Waals surface area contributed by atoms with Crippen molar-refractivity contribution in [2.24, 2.45) is 12.0 Å². The lowest BCUT2D eigenvalue weighted by atomic mass is 9.98. The standard InChI is InChI=1S/C19H25ClF3N5O.HI/c1-4-24-17(28(3)13-14-5-7-15(20)8-6-14)26-10-9-18(29,19(21,22)23)16-25-11-12-27(16)2;/h5-8,11-12,29H,4,9-10,13H2,1-3H3,(H,24,26);1H. The first kappa shape index (κ1) is 26.5. The minimum Gasteiger partial charge on any atom is -0.374 e. The highest BCUT2D eigenvalue weighted by Gasteiger charge is 2.57. The van der Waals surface area contributed by atoms with Gasteiger partial charge < -0.3 is 19.9 Å². The number of aliphatic imine (C=N–C) groups is 1. The summed E-state index contributed by atoms with van der Waals surface area (Å²) in [5.41, 5.74) is -2.11. The number of hydrogen-bond acceptors (Lipinski definition) is 3. The van der Waals surface area contributed by atoms with Gasteiger partial charge >= 0.3 is 6.18 Å². The van der Waals surface area contributed by atoms with Crippen LogP contribution in [0.1, 0.15) is 24.7 Å². The van der Waals surface area contributed by atoms with E-state index in [1.54, 1.807) is 24.1 Å². The molecular weight excluding hydrogens is 534 g/mol. The third-order valence-corrected chi connectivity index (χ3v) is 4.68. The van der Waals surface area contributed by atoms with Crippen molar-refractivity contribution in [2.75, 3.05) is 20.1 Å². The van der Waals surface area contributed by atoms with Crippen LogP contribution in [-0.4, -0.2) is 51.8 Å². The molecule has 0 spiro atoms. The van der Waals surface area contributed by atoms with Gasteiger partial charge in [0.15, 0.2) is 5.96 Å². The fraction of sp³-hybridized carbons (Fsp3) is 0.474. The molecule has 0 saturated carbocycles. The minimum absolute atomic E-state index is 0. The number of halogens is 5. The summed E-state index contributed by atoms with van der Waals surface area (Å²) in [6, 6.07) is 7.27. The van der Waals surface area contributed by atoms with E-state index in [2.05, 4.69) is 15.3 Å². The summed E-state index contributed by atoms with van der Waals surface area (Å²) in [6.45, 7) is 2.67. The van der Waals surface area contributed by atoms with Crippen LogP contribution in [0.3, 0.4) is 0 Å². The number of imidazole rings is 1. The average molecular weight is 560 g/mol. The molecule has 30 heavy (non-hydrogen) atoms. The second kappa shape index (κ2) is 11.2. The maximum Gasteiger partial charge on any atom is 0.424 e. The maximum atomic E-state index is 13.6. The Balaban J connectivity index is 0.00000450. The van der Waals surface area contributed by atoms with E-state index in [1.165, 1.54) is 19.4 Å². The summed E-state index contributed by atoms with van der Waals surface area (Å²) in [4.78, 5) is 9.76. The predicted octanol–water partition coefficient (Wildman–Crippen LogP) is 3.93. The van der Waals surface area contributed by atoms with Crippen LogP contribution < -0.4 is 5.32 Å². The maximum absolute atomic E-state index is 13.6. The number of aromatic nitrogens is 2. The van der Waals surface area contributed by atoms with Gasteiger partial charge in [0, 0.05) is 57.6 Å². The monoisotopic (exact) mass is 559 g/mol. The molecule has 1 heterocycles. The minimum atomic E-state index is -4.88. The Labute approximate surface area is 196 Å². The Bertz CT molecular complexity index is 828. The first-order valence-electron chi connectivity index (χ1n) is 9.09. The Kier molecular flexibility index (Phi) is 9.89. The Morgan fingerprint density at radius 1 is 1.30 bits per heavy atom. The van der Waals surface area contributed by atoms with E-state index in [0.29, 0.717) is 24.1 Å². The van der Waals surface area contributed by atoms with Gasteiger partial charge in [0.25, 0.3) is 0 Å². The molecular formula is C19H26ClF3IN5O. The van der Waals surface area contributed by atoms with E-state index in [0.717, 1.165) is 10.1 Å². The molecule has 168 valence electrons. The molecule has 0 aliphatic heterocycles. The molecule has 0 bridgehead atoms. The number of rotatable bonds is 7. The summed E-state index contributed by atoms with van der Waals surface area (Å²) >= 11 is 5.89. The van der Waals surface area contributed by atoms with Crippen molar-refractivity contribution < 1.29 is 18.3 Å². The molecule has 1 unspecified atom stereocenters. The zero-order valence-electron chi connectivity index (χ0n) is 16.9. The molecule has 1 aromatic heterocycles. The third-order valence-electron chi connectivity index (χ3n) is 4.42. The number of hydrogen-bond donors (Lipinski definition) is 2. The molecule has 0 aliphatic carbocycles. The molecule has 0 aliphatic rings. The van der Waals surface area contributed by atoms with Crippen molar-refractivity contribution in [3.05, 3.63) is 53.1 Å². The van der Waals surface area contributed by atoms with Crippen LogP contribution in [0.15, 0.2) is 41.7 Å². The van der Waals surface area contributed by atoms with E-state index >= 15 is 0 Å². The third kappa shape index (κ3) is 6.48. The van der Waals surface area contributed by atoms with Crippen LogP contribution in [0.4, 0.5) is 13.2 Å². The summed E-state index contributed by atoms with van der Waals surface area (Å²) in [5.74, 6) is -0.0217. The summed E-state index contributed by atoms with van der Waals surface area (Å²) < 4.78 is 42.0. The van der Waals surface area contributed by atoms with Gasteiger partial charge in [-0.25, -0.2) is 4.98 Å². The zero-order chi connectivity index (χ0) is 21.7. The van der Waals surface area contributed by atoms with E-state index in [-0.39, 0.29) is 30.5 Å². The van der Waals surface area contributed by atoms with Gasteiger partial charge in [0.1, 0.15) is 5.82 Å². The van der Waals surface area contributed by atoms with Crippen LogP contribution in [-0.2, 0) is 19.2 Å². The van der Waals surface area contributed by atoms with Crippen LogP contribution in [0.25, 0.3) is 0 Å². The predicted molar refractivity (Wildman–Crippen MR) is 122 cm³/mol. The number of nitrogens with zero attached hydrogens (tertiary/aromatic N) is 4. The van der Waals surface area contributed by atoms with Crippen molar-refractivity contribution in [1.82, 2.24) is 19.8 Å². The number of alkyl halides is 3. The first-order chi connectivity index (χ1) is 13.6. The van der Waals surface area contributed by atoms with Crippen molar-refractivity contribution in [3.8, 4) is 0 Å². The van der Waals surface area contributed by atoms with Crippen LogP contribution in [0.5, 0.6) is 0 Å². The molecule has 6 nitrogen and oxygen atoms in total. The molecule has 0 amide bonds. The number of aryl methyl sites for hydroxylation is 1. The molecule has 1 aromatic carbocycles. The SMILES string of the molecule is CCNC(=NCCC(O)(c1nccn1C)C(F)(F)F)N(C)Cc1ccc(Cl)cc1.I. The first-order valence-corrected chi connectivity index (χ1v) is 9.47. The molecule has 0 radical (unpaired) electrons. The van der Waals surface area contributed by atoms with Crippen LogP contribution >= 0.6 is 35.6 Å². The number of benzene rings is 1. The van der Waals surface area contributed by atoms with Crippen molar-refractivity contribution in [1.29, 1.82) is 0 Å². The van der Waals surface area contributed by atoms with E-state index in [9.17, 15) is 18.3 Å². The van der Waals surface area contributed by atoms with E-state index in [1.807, 2.05) is 19.1 Å². The molecule has 0 fully saturated rings. The largest absolute Gasteiger partial charge is 0.424 e. The summed E-state index contributed by atoms with van der Waals surface area (Å²) in [5, 5.41) is 14.1. The van der Waals surface area contributed by atoms with Crippen molar-refractivity contribution in [3.63, 3.8) is 0 Å². The van der Waals surface area contributed by atoms with Gasteiger partial charge in [-0.05, 0) is 24.6 Å². The normalized spacial score (nSPS) is 14.1. The fourth-order valence-electron chi connectivity index (χ4n) is 2.88. The number of nitrogens with one attached hydrogen (secondary N) is 1. The molecule has 2 N–H and O–H groups in total. The molecule has 1 atom stereocenters. The lowest BCUT2D eigenvalue weighted by Gasteiger charge is -2.29. The van der Waals surface area contributed by atoms with Gasteiger partial charge in [-0.15, -0.1) is 24.0 Å². The van der Waals surface area contributed by atoms with Crippen molar-refractivity contribution in [2.45, 2.75) is 31.7 Å². The van der Waals surface area contributed by atoms with Gasteiger partial charge in [0.05, 0.1) is 0 Å². The Hall–Kier alpha value is -1.53. The zero-order valence-corrected chi connectivity index (χ0v) is 20.0. The average Bonchev–Trinajstić information content (AvgIpc) is 3.08. The Morgan fingerprint density at radius 3 is 2.43 bits per heavy atom. The fourth-order valence-corrected chi connectivity index (χ4v) is 3.00. The molecule has 11 heteroatoms. The van der Waals surface area contributed by atoms with Gasteiger partial charge in [0.2, 0.25) is 5.60 Å². The number of guanidine groups is 1. The lowest BCUT2D eigenvalue weighted by Crippen LogP contribution is -2.45. The second-order valence-electron chi connectivity index (χ2n) is 6.69. The second-order valence-corrected chi connectivity index (χ2v) is 7.12. The van der Waals surface area contributed by atoms with Gasteiger partial charge in [-0.3, -0.25) is 4.99 Å². The lowest BCUT2D eigenvalue weighted by molar-refractivity contribution is -0.272. The topological polar surface area (TPSA) is 65.7 Å². The molecule has 0 saturated heterocycles. The quantitative estimate of drug-likeness (QED) is 0.307. The summed E-state index contributed by atoms with van der Waals surface area (Å²) in [7, 11) is 3.19. The summed E-state index contributed by atoms with van der Waals surface area (Å²) in [6.07, 6.45) is -2.95. The van der Waals surface area contributed by atoms with E-state index < -0.39 is 24.0 Å². The number of aliphatic hydroxyl groups is 1. The highest BCUT2D eigenvalue weighted by molar-refractivity contribution is 14.0. The smallest absolute Gasteiger partial charge is 0.374 e. The highest BCUT2D eigenvalue weighted by atomic mass is 127. The van der Waals surface area contributed by atoms with E-state index in [4.69, 9.17) is 11.6 Å². The van der Waals surface area contributed by atoms with Crippen LogP contribution in [0, 0.1) is 0 Å². The van der Waals surface area contributed by atoms with Gasteiger partial charge in [-0.1, -0.05) is 23.7 Å². The molecule has 2 aromatic rings. The highest BCUT2D eigenvalue weighted by Crippen LogP contribution is 2.40. The van der Waals surface area contributed by atoms with Crippen molar-refractivity contribution >= 4 is 41.5 Å². The Morgan fingerprint density at radius 2 is 1.93 bits per heavy atom. The molecule has 2 rings (SSSR count). The van der Waals surface area contributed by atoms with Crippen LogP contribution in [0.2, 0.25) is 5.02 Å². The van der Waals surface area contributed by atoms with Gasteiger partial charge in [-0.2, -0.15) is 13.2 Å².